The highest BCUT2D eigenvalue weighted by Gasteiger charge is 2.14. The molecule has 0 heterocycles. The van der Waals surface area contributed by atoms with Crippen molar-refractivity contribution in [3.8, 4) is 0 Å². The fourth-order valence-corrected chi connectivity index (χ4v) is 2.12. The lowest BCUT2D eigenvalue weighted by atomic mass is 10.2. The summed E-state index contributed by atoms with van der Waals surface area (Å²) < 4.78 is 4.54. The molecule has 1 amide bonds. The summed E-state index contributed by atoms with van der Waals surface area (Å²) in [5.74, 6) is -0.566. The molecule has 0 aliphatic carbocycles. The maximum absolute atomic E-state index is 12.0. The quantitative estimate of drug-likeness (QED) is 0.814. The lowest BCUT2D eigenvalue weighted by molar-refractivity contribution is -0.141. The van der Waals surface area contributed by atoms with Crippen LogP contribution in [0, 0.1) is 6.92 Å². The molecule has 5 nitrogen and oxygen atoms in total. The molecule has 0 aliphatic rings. The SMILES string of the molecule is COC(=O)CCN(C)CC(=O)Nc1c(Cl)ccc(C)c1Cl. The normalized spacial score (nSPS) is 10.6. The molecule has 0 bridgehead atoms. The highest BCUT2D eigenvalue weighted by Crippen LogP contribution is 2.32. The molecule has 0 atom stereocenters. The van der Waals surface area contributed by atoms with Crippen LogP contribution in [0.4, 0.5) is 5.69 Å². The molecule has 0 saturated carbocycles. The summed E-state index contributed by atoms with van der Waals surface area (Å²) in [6, 6.07) is 3.46. The number of amides is 1. The van der Waals surface area contributed by atoms with Gasteiger partial charge in [0, 0.05) is 6.54 Å². The summed E-state index contributed by atoms with van der Waals surface area (Å²) in [4.78, 5) is 24.7. The molecule has 1 rings (SSSR count). The molecule has 0 saturated heterocycles. The van der Waals surface area contributed by atoms with E-state index in [1.54, 1.807) is 24.1 Å². The smallest absolute Gasteiger partial charge is 0.306 e. The standard InChI is InChI=1S/C14H18Cl2N2O3/c1-9-4-5-10(15)14(13(9)16)17-11(19)8-18(2)7-6-12(20)21-3/h4-5H,6-8H2,1-3H3,(H,17,19). The van der Waals surface area contributed by atoms with Crippen LogP contribution in [0.15, 0.2) is 12.1 Å². The Morgan fingerprint density at radius 2 is 2.00 bits per heavy atom. The molecule has 0 aliphatic heterocycles. The number of aryl methyl sites for hydroxylation is 1. The van der Waals surface area contributed by atoms with Gasteiger partial charge in [-0.05, 0) is 25.6 Å². The van der Waals surface area contributed by atoms with Crippen molar-refractivity contribution in [1.82, 2.24) is 4.90 Å². The predicted octanol–water partition coefficient (Wildman–Crippen LogP) is 2.74. The number of nitrogens with one attached hydrogen (secondary N) is 1. The van der Waals surface area contributed by atoms with Gasteiger partial charge in [-0.2, -0.15) is 0 Å². The number of esters is 1. The number of likely N-dealkylation sites (N-methyl/N-ethyl adjacent to an activating group) is 1. The Balaban J connectivity index is 2.58. The van der Waals surface area contributed by atoms with E-state index >= 15 is 0 Å². The Kier molecular flexibility index (Phi) is 6.95. The van der Waals surface area contributed by atoms with E-state index in [1.165, 1.54) is 7.11 Å². The van der Waals surface area contributed by atoms with Gasteiger partial charge in [0.2, 0.25) is 5.91 Å². The van der Waals surface area contributed by atoms with Crippen molar-refractivity contribution in [3.63, 3.8) is 0 Å². The van der Waals surface area contributed by atoms with Crippen LogP contribution in [0.1, 0.15) is 12.0 Å². The van der Waals surface area contributed by atoms with Gasteiger partial charge < -0.3 is 10.1 Å². The van der Waals surface area contributed by atoms with Gasteiger partial charge in [0.1, 0.15) is 0 Å². The van der Waals surface area contributed by atoms with Crippen LogP contribution in [-0.4, -0.2) is 44.0 Å². The van der Waals surface area contributed by atoms with Gasteiger partial charge in [-0.3, -0.25) is 14.5 Å². The van der Waals surface area contributed by atoms with Crippen molar-refractivity contribution < 1.29 is 14.3 Å². The van der Waals surface area contributed by atoms with Crippen LogP contribution in [0.25, 0.3) is 0 Å². The van der Waals surface area contributed by atoms with E-state index in [0.717, 1.165) is 5.56 Å². The lowest BCUT2D eigenvalue weighted by Gasteiger charge is -2.16. The van der Waals surface area contributed by atoms with E-state index in [-0.39, 0.29) is 24.8 Å². The molecule has 0 unspecified atom stereocenters. The number of carbonyl (C=O) groups is 2. The van der Waals surface area contributed by atoms with E-state index in [1.807, 2.05) is 6.92 Å². The maximum Gasteiger partial charge on any atom is 0.306 e. The number of hydrogen-bond donors (Lipinski definition) is 1. The summed E-state index contributed by atoms with van der Waals surface area (Å²) >= 11 is 12.2. The Labute approximate surface area is 134 Å². The molecule has 0 spiro atoms. The Morgan fingerprint density at radius 3 is 2.62 bits per heavy atom. The highest BCUT2D eigenvalue weighted by molar-refractivity contribution is 6.40. The Hall–Kier alpha value is -1.30. The topological polar surface area (TPSA) is 58.6 Å². The van der Waals surface area contributed by atoms with Gasteiger partial charge in [0.25, 0.3) is 0 Å². The first-order valence-corrected chi connectivity index (χ1v) is 7.10. The van der Waals surface area contributed by atoms with Gasteiger partial charge in [0.05, 0.1) is 35.8 Å². The number of rotatable bonds is 6. The first kappa shape index (κ1) is 17.8. The average Bonchev–Trinajstić information content (AvgIpc) is 2.45. The minimum absolute atomic E-state index is 0.123. The molecule has 21 heavy (non-hydrogen) atoms. The molecule has 1 aromatic carbocycles. The zero-order valence-electron chi connectivity index (χ0n) is 12.2. The van der Waals surface area contributed by atoms with E-state index in [4.69, 9.17) is 23.2 Å². The van der Waals surface area contributed by atoms with Gasteiger partial charge in [0.15, 0.2) is 0 Å². The molecule has 116 valence electrons. The van der Waals surface area contributed by atoms with Gasteiger partial charge in [-0.1, -0.05) is 29.3 Å². The van der Waals surface area contributed by atoms with Gasteiger partial charge >= 0.3 is 5.97 Å². The average molecular weight is 333 g/mol. The summed E-state index contributed by atoms with van der Waals surface area (Å²) in [5, 5.41) is 3.50. The summed E-state index contributed by atoms with van der Waals surface area (Å²) in [7, 11) is 3.07. The van der Waals surface area contributed by atoms with Crippen LogP contribution >= 0.6 is 23.2 Å². The molecular weight excluding hydrogens is 315 g/mol. The second-order valence-corrected chi connectivity index (χ2v) is 5.45. The third-order valence-corrected chi connectivity index (χ3v) is 3.69. The Morgan fingerprint density at radius 1 is 1.33 bits per heavy atom. The number of benzene rings is 1. The number of hydrogen-bond acceptors (Lipinski definition) is 4. The van der Waals surface area contributed by atoms with Crippen LogP contribution in [0.2, 0.25) is 10.0 Å². The summed E-state index contributed by atoms with van der Waals surface area (Å²) in [6.45, 7) is 2.38. The molecule has 0 radical (unpaired) electrons. The number of nitrogens with zero attached hydrogens (tertiary/aromatic N) is 1. The van der Waals surface area contributed by atoms with E-state index < -0.39 is 0 Å². The maximum atomic E-state index is 12.0. The zero-order chi connectivity index (χ0) is 16.0. The van der Waals surface area contributed by atoms with E-state index in [0.29, 0.717) is 22.3 Å². The minimum atomic E-state index is -0.313. The fourth-order valence-electron chi connectivity index (χ4n) is 1.66. The Bertz CT molecular complexity index is 535. The van der Waals surface area contributed by atoms with Crippen molar-refractivity contribution in [2.75, 3.05) is 32.6 Å². The molecule has 0 fully saturated rings. The number of ether oxygens (including phenoxy) is 1. The van der Waals surface area contributed by atoms with Crippen LogP contribution in [-0.2, 0) is 14.3 Å². The van der Waals surface area contributed by atoms with Crippen molar-refractivity contribution in [1.29, 1.82) is 0 Å². The van der Waals surface area contributed by atoms with Crippen molar-refractivity contribution in [3.05, 3.63) is 27.7 Å². The first-order chi connectivity index (χ1) is 9.85. The number of anilines is 1. The van der Waals surface area contributed by atoms with Crippen LogP contribution in [0.5, 0.6) is 0 Å². The second kappa shape index (κ2) is 8.22. The first-order valence-electron chi connectivity index (χ1n) is 6.35. The monoisotopic (exact) mass is 332 g/mol. The molecule has 7 heteroatoms. The number of carbonyl (C=O) groups excluding carboxylic acids is 2. The number of methoxy groups -OCH3 is 1. The minimum Gasteiger partial charge on any atom is -0.469 e. The highest BCUT2D eigenvalue weighted by atomic mass is 35.5. The van der Waals surface area contributed by atoms with Crippen molar-refractivity contribution in [2.24, 2.45) is 0 Å². The predicted molar refractivity (Wildman–Crippen MR) is 84.0 cm³/mol. The lowest BCUT2D eigenvalue weighted by Crippen LogP contribution is -2.32. The summed E-state index contributed by atoms with van der Waals surface area (Å²) in [6.07, 6.45) is 0.228. The third-order valence-electron chi connectivity index (χ3n) is 2.89. The van der Waals surface area contributed by atoms with E-state index in [2.05, 4.69) is 10.1 Å². The zero-order valence-corrected chi connectivity index (χ0v) is 13.7. The summed E-state index contributed by atoms with van der Waals surface area (Å²) in [5.41, 5.74) is 1.24. The third kappa shape index (κ3) is 5.53. The van der Waals surface area contributed by atoms with Crippen molar-refractivity contribution in [2.45, 2.75) is 13.3 Å². The van der Waals surface area contributed by atoms with Gasteiger partial charge in [-0.25, -0.2) is 0 Å². The van der Waals surface area contributed by atoms with E-state index in [9.17, 15) is 9.59 Å². The second-order valence-electron chi connectivity index (χ2n) is 4.67. The van der Waals surface area contributed by atoms with Crippen molar-refractivity contribution >= 4 is 40.8 Å². The fraction of sp³-hybridized carbons (Fsp3) is 0.429. The molecule has 0 aromatic heterocycles. The van der Waals surface area contributed by atoms with Gasteiger partial charge in [-0.15, -0.1) is 0 Å². The molecule has 1 N–H and O–H groups in total. The largest absolute Gasteiger partial charge is 0.469 e. The molecular formula is C14H18Cl2N2O3. The van der Waals surface area contributed by atoms with Crippen LogP contribution in [0.3, 0.4) is 0 Å². The molecule has 1 aromatic rings. The number of halogens is 2. The van der Waals surface area contributed by atoms with Crippen LogP contribution < -0.4 is 5.32 Å².